The van der Waals surface area contributed by atoms with Crippen LogP contribution in [0.4, 0.5) is 5.69 Å². The van der Waals surface area contributed by atoms with E-state index in [1.54, 1.807) is 56.3 Å². The summed E-state index contributed by atoms with van der Waals surface area (Å²) in [5, 5.41) is 3.56. The molecule has 3 aromatic rings. The first-order chi connectivity index (χ1) is 18.9. The van der Waals surface area contributed by atoms with Gasteiger partial charge in [0.25, 0.3) is 10.0 Å². The fraction of sp³-hybridized carbons (Fsp3) is 0.333. The van der Waals surface area contributed by atoms with E-state index in [4.69, 9.17) is 23.2 Å². The van der Waals surface area contributed by atoms with Crippen molar-refractivity contribution in [1.82, 2.24) is 10.2 Å². The molecule has 1 N–H and O–H groups in total. The topological polar surface area (TPSA) is 86.8 Å². The number of anilines is 1. The maximum absolute atomic E-state index is 14.1. The summed E-state index contributed by atoms with van der Waals surface area (Å²) in [7, 11) is -4.14. The molecule has 214 valence electrons. The normalized spacial score (nSPS) is 12.1. The number of rotatable bonds is 11. The van der Waals surface area contributed by atoms with Crippen LogP contribution in [0.25, 0.3) is 0 Å². The Balaban J connectivity index is 2.10. The molecule has 0 saturated carbocycles. The number of hydrogen-bond donors (Lipinski definition) is 1. The number of nitrogens with zero attached hydrogens (tertiary/aromatic N) is 2. The summed E-state index contributed by atoms with van der Waals surface area (Å²) < 4.78 is 29.0. The molecule has 0 aliphatic heterocycles. The van der Waals surface area contributed by atoms with Gasteiger partial charge in [-0.15, -0.1) is 0 Å². The highest BCUT2D eigenvalue weighted by atomic mass is 35.5. The predicted molar refractivity (Wildman–Crippen MR) is 161 cm³/mol. The van der Waals surface area contributed by atoms with Gasteiger partial charge in [-0.05, 0) is 87.2 Å². The summed E-state index contributed by atoms with van der Waals surface area (Å²) >= 11 is 12.5. The molecule has 3 aromatic carbocycles. The van der Waals surface area contributed by atoms with Gasteiger partial charge in [0.2, 0.25) is 11.8 Å². The molecular weight excluding hydrogens is 569 g/mol. The van der Waals surface area contributed by atoms with Crippen LogP contribution in [-0.2, 0) is 26.2 Å². The molecule has 0 fully saturated rings. The zero-order valence-corrected chi connectivity index (χ0v) is 25.7. The summed E-state index contributed by atoms with van der Waals surface area (Å²) in [6.07, 6.45) is 0.317. The van der Waals surface area contributed by atoms with Gasteiger partial charge in [-0.3, -0.25) is 13.9 Å². The quantitative estimate of drug-likeness (QED) is 0.289. The Morgan fingerprint density at radius 2 is 1.57 bits per heavy atom. The summed E-state index contributed by atoms with van der Waals surface area (Å²) in [6.45, 7) is 9.14. The summed E-state index contributed by atoms with van der Waals surface area (Å²) in [6, 6.07) is 15.8. The van der Waals surface area contributed by atoms with Gasteiger partial charge in [0.1, 0.15) is 12.6 Å². The molecule has 1 atom stereocenters. The van der Waals surface area contributed by atoms with Crippen LogP contribution in [0.15, 0.2) is 65.6 Å². The third kappa shape index (κ3) is 7.36. The van der Waals surface area contributed by atoms with Crippen LogP contribution in [0.5, 0.6) is 0 Å². The lowest BCUT2D eigenvalue weighted by Crippen LogP contribution is -2.52. The predicted octanol–water partition coefficient (Wildman–Crippen LogP) is 6.06. The standard InChI is InChI=1S/C30H35Cl2N3O4S/c1-6-28(30(37)33-7-2)34(18-23-11-12-24(31)17-27(23)32)29(36)19-35(25-13-10-21(4)22(5)16-25)40(38,39)26-14-8-20(3)9-15-26/h8-17,28H,6-7,18-19H2,1-5H3,(H,33,37)/t28-/m1/s1. The van der Waals surface area contributed by atoms with Crippen molar-refractivity contribution in [2.75, 3.05) is 17.4 Å². The first-order valence-electron chi connectivity index (χ1n) is 13.1. The summed E-state index contributed by atoms with van der Waals surface area (Å²) in [5.41, 5.74) is 3.72. The van der Waals surface area contributed by atoms with E-state index in [0.29, 0.717) is 34.3 Å². The zero-order valence-electron chi connectivity index (χ0n) is 23.4. The van der Waals surface area contributed by atoms with Crippen LogP contribution in [0.1, 0.15) is 42.5 Å². The molecule has 0 radical (unpaired) electrons. The molecule has 0 spiro atoms. The van der Waals surface area contributed by atoms with Crippen LogP contribution in [0.2, 0.25) is 10.0 Å². The SMILES string of the molecule is CCNC(=O)[C@@H](CC)N(Cc1ccc(Cl)cc1Cl)C(=O)CN(c1ccc(C)c(C)c1)S(=O)(=O)c1ccc(C)cc1. The van der Waals surface area contributed by atoms with E-state index in [1.165, 1.54) is 17.0 Å². The number of hydrogen-bond acceptors (Lipinski definition) is 4. The molecule has 2 amide bonds. The fourth-order valence-corrected chi connectivity index (χ4v) is 6.17. The molecular formula is C30H35Cl2N3O4S. The van der Waals surface area contributed by atoms with E-state index >= 15 is 0 Å². The van der Waals surface area contributed by atoms with Gasteiger partial charge in [0.15, 0.2) is 0 Å². The number of amides is 2. The lowest BCUT2D eigenvalue weighted by Gasteiger charge is -2.33. The number of likely N-dealkylation sites (N-methyl/N-ethyl adjacent to an activating group) is 1. The third-order valence-electron chi connectivity index (χ3n) is 6.76. The molecule has 0 heterocycles. The van der Waals surface area contributed by atoms with Gasteiger partial charge in [-0.1, -0.05) is 60.0 Å². The maximum Gasteiger partial charge on any atom is 0.264 e. The molecule has 10 heteroatoms. The van der Waals surface area contributed by atoms with Crippen molar-refractivity contribution in [3.63, 3.8) is 0 Å². The lowest BCUT2D eigenvalue weighted by atomic mass is 10.1. The third-order valence-corrected chi connectivity index (χ3v) is 9.13. The number of halogens is 2. The van der Waals surface area contributed by atoms with Crippen molar-refractivity contribution < 1.29 is 18.0 Å². The molecule has 40 heavy (non-hydrogen) atoms. The lowest BCUT2D eigenvalue weighted by molar-refractivity contribution is -0.140. The Kier molecular flexibility index (Phi) is 10.6. The second-order valence-corrected chi connectivity index (χ2v) is 12.4. The van der Waals surface area contributed by atoms with E-state index in [0.717, 1.165) is 21.0 Å². The van der Waals surface area contributed by atoms with Crippen molar-refractivity contribution >= 4 is 50.7 Å². The largest absolute Gasteiger partial charge is 0.355 e. The number of benzene rings is 3. The molecule has 0 bridgehead atoms. The van der Waals surface area contributed by atoms with Gasteiger partial charge in [0, 0.05) is 23.1 Å². The molecule has 7 nitrogen and oxygen atoms in total. The van der Waals surface area contributed by atoms with Crippen LogP contribution < -0.4 is 9.62 Å². The van der Waals surface area contributed by atoms with E-state index in [2.05, 4.69) is 5.32 Å². The maximum atomic E-state index is 14.1. The Hall–Kier alpha value is -3.07. The van der Waals surface area contributed by atoms with Gasteiger partial charge in [-0.25, -0.2) is 8.42 Å². The van der Waals surface area contributed by atoms with Crippen molar-refractivity contribution in [1.29, 1.82) is 0 Å². The number of carbonyl (C=O) groups excluding carboxylic acids is 2. The van der Waals surface area contributed by atoms with E-state index in [1.807, 2.05) is 26.8 Å². The van der Waals surface area contributed by atoms with E-state index in [-0.39, 0.29) is 17.3 Å². The second kappa shape index (κ2) is 13.5. The minimum atomic E-state index is -4.14. The van der Waals surface area contributed by atoms with Crippen molar-refractivity contribution in [3.05, 3.63) is 93.0 Å². The van der Waals surface area contributed by atoms with E-state index in [9.17, 15) is 18.0 Å². The molecule has 0 saturated heterocycles. The number of carbonyl (C=O) groups is 2. The number of nitrogens with one attached hydrogen (secondary N) is 1. The van der Waals surface area contributed by atoms with Gasteiger partial charge >= 0.3 is 0 Å². The van der Waals surface area contributed by atoms with E-state index < -0.39 is 28.5 Å². The van der Waals surface area contributed by atoms with Crippen LogP contribution in [0.3, 0.4) is 0 Å². The van der Waals surface area contributed by atoms with Crippen molar-refractivity contribution in [2.24, 2.45) is 0 Å². The number of sulfonamides is 1. The average Bonchev–Trinajstić information content (AvgIpc) is 2.90. The van der Waals surface area contributed by atoms with Crippen LogP contribution >= 0.6 is 23.2 Å². The smallest absolute Gasteiger partial charge is 0.264 e. The highest BCUT2D eigenvalue weighted by Crippen LogP contribution is 2.28. The Labute approximate surface area is 247 Å². The fourth-order valence-electron chi connectivity index (χ4n) is 4.29. The minimum absolute atomic E-state index is 0.00415. The highest BCUT2D eigenvalue weighted by molar-refractivity contribution is 7.92. The highest BCUT2D eigenvalue weighted by Gasteiger charge is 2.34. The first-order valence-corrected chi connectivity index (χ1v) is 15.3. The Morgan fingerprint density at radius 1 is 0.900 bits per heavy atom. The van der Waals surface area contributed by atoms with Crippen molar-refractivity contribution in [3.8, 4) is 0 Å². The average molecular weight is 605 g/mol. The Morgan fingerprint density at radius 3 is 2.15 bits per heavy atom. The van der Waals surface area contributed by atoms with Gasteiger partial charge < -0.3 is 10.2 Å². The van der Waals surface area contributed by atoms with Gasteiger partial charge in [-0.2, -0.15) is 0 Å². The minimum Gasteiger partial charge on any atom is -0.355 e. The van der Waals surface area contributed by atoms with Crippen molar-refractivity contribution in [2.45, 2.75) is 58.5 Å². The second-order valence-electron chi connectivity index (χ2n) is 9.67. The van der Waals surface area contributed by atoms with Crippen LogP contribution in [0, 0.1) is 20.8 Å². The summed E-state index contributed by atoms with van der Waals surface area (Å²) in [4.78, 5) is 28.6. The number of aryl methyl sites for hydroxylation is 3. The zero-order chi connectivity index (χ0) is 29.6. The molecule has 0 aromatic heterocycles. The Bertz CT molecular complexity index is 1480. The molecule has 0 aliphatic carbocycles. The molecule has 3 rings (SSSR count). The van der Waals surface area contributed by atoms with Gasteiger partial charge in [0.05, 0.1) is 10.6 Å². The molecule has 0 unspecified atom stereocenters. The monoisotopic (exact) mass is 603 g/mol. The first kappa shape index (κ1) is 31.5. The molecule has 0 aliphatic rings. The van der Waals surface area contributed by atoms with Crippen LogP contribution in [-0.4, -0.2) is 44.3 Å². The summed E-state index contributed by atoms with van der Waals surface area (Å²) in [5.74, 6) is -0.874.